The second-order valence-corrected chi connectivity index (χ2v) is 4.43. The molecule has 0 aromatic heterocycles. The molecule has 3 heteroatoms. The molecule has 0 saturated carbocycles. The highest BCUT2D eigenvalue weighted by Gasteiger charge is 2.31. The van der Waals surface area contributed by atoms with Crippen molar-refractivity contribution in [2.24, 2.45) is 5.92 Å². The molecule has 0 bridgehead atoms. The van der Waals surface area contributed by atoms with Gasteiger partial charge in [-0.15, -0.1) is 0 Å². The third-order valence-corrected chi connectivity index (χ3v) is 3.38. The van der Waals surface area contributed by atoms with Gasteiger partial charge in [0.1, 0.15) is 5.75 Å². The number of halogens is 1. The number of fused-ring (bicyclic) bond motifs is 1. The van der Waals surface area contributed by atoms with Crippen molar-refractivity contribution >= 4 is 21.7 Å². The van der Waals surface area contributed by atoms with E-state index in [-0.39, 0.29) is 11.7 Å². The Balaban J connectivity index is 2.65. The lowest BCUT2D eigenvalue weighted by atomic mass is 10.1. The molecule has 0 radical (unpaired) electrons. The number of Topliss-reactive ketones (excluding diaryl/α,β-unsaturated/α-hetero) is 1. The van der Waals surface area contributed by atoms with Crippen LogP contribution in [0.3, 0.4) is 0 Å². The lowest BCUT2D eigenvalue weighted by Crippen LogP contribution is -2.04. The molecule has 0 N–H and O–H groups in total. The first kappa shape index (κ1) is 9.71. The van der Waals surface area contributed by atoms with Crippen LogP contribution in [0.5, 0.6) is 5.75 Å². The van der Waals surface area contributed by atoms with Crippen molar-refractivity contribution in [1.82, 2.24) is 0 Å². The molecular weight excluding hydrogens is 244 g/mol. The van der Waals surface area contributed by atoms with Gasteiger partial charge in [-0.1, -0.05) is 22.9 Å². The van der Waals surface area contributed by atoms with Crippen LogP contribution in [0.2, 0.25) is 0 Å². The first-order valence-electron chi connectivity index (χ1n) is 4.54. The average Bonchev–Trinajstić information content (AvgIpc) is 2.47. The minimum Gasteiger partial charge on any atom is -0.496 e. The number of carbonyl (C=O) groups excluding carboxylic acids is 1. The normalized spacial score (nSPS) is 19.6. The summed E-state index contributed by atoms with van der Waals surface area (Å²) in [6, 6.07) is 3.77. The van der Waals surface area contributed by atoms with E-state index in [9.17, 15) is 4.79 Å². The Kier molecular flexibility index (Phi) is 2.35. The van der Waals surface area contributed by atoms with E-state index < -0.39 is 0 Å². The summed E-state index contributed by atoms with van der Waals surface area (Å²) in [6.45, 7) is 1.95. The van der Waals surface area contributed by atoms with Crippen molar-refractivity contribution in [2.45, 2.75) is 13.3 Å². The molecule has 0 saturated heterocycles. The molecule has 0 aliphatic heterocycles. The zero-order valence-electron chi connectivity index (χ0n) is 8.13. The van der Waals surface area contributed by atoms with Crippen LogP contribution in [0.1, 0.15) is 22.8 Å². The van der Waals surface area contributed by atoms with E-state index in [0.717, 1.165) is 22.0 Å². The first-order chi connectivity index (χ1) is 6.65. The van der Waals surface area contributed by atoms with Crippen LogP contribution in [0.4, 0.5) is 0 Å². The largest absolute Gasteiger partial charge is 0.496 e. The van der Waals surface area contributed by atoms with Gasteiger partial charge in [-0.3, -0.25) is 4.79 Å². The summed E-state index contributed by atoms with van der Waals surface area (Å²) in [5.41, 5.74) is 1.84. The van der Waals surface area contributed by atoms with Gasteiger partial charge in [-0.2, -0.15) is 0 Å². The number of methoxy groups -OCH3 is 1. The highest BCUT2D eigenvalue weighted by atomic mass is 79.9. The number of hydrogen-bond donors (Lipinski definition) is 0. The maximum absolute atomic E-state index is 11.8. The smallest absolute Gasteiger partial charge is 0.170 e. The number of ether oxygens (including phenoxy) is 1. The zero-order valence-corrected chi connectivity index (χ0v) is 9.72. The second kappa shape index (κ2) is 3.39. The number of carbonyl (C=O) groups is 1. The average molecular weight is 255 g/mol. The molecule has 1 aromatic carbocycles. The van der Waals surface area contributed by atoms with Crippen LogP contribution in [-0.2, 0) is 6.42 Å². The molecule has 1 aliphatic carbocycles. The Morgan fingerprint density at radius 2 is 2.21 bits per heavy atom. The van der Waals surface area contributed by atoms with E-state index in [4.69, 9.17) is 4.74 Å². The summed E-state index contributed by atoms with van der Waals surface area (Å²) < 4.78 is 6.19. The molecule has 74 valence electrons. The van der Waals surface area contributed by atoms with E-state index >= 15 is 0 Å². The van der Waals surface area contributed by atoms with Crippen LogP contribution in [0.25, 0.3) is 0 Å². The zero-order chi connectivity index (χ0) is 10.3. The van der Waals surface area contributed by atoms with Gasteiger partial charge >= 0.3 is 0 Å². The maximum Gasteiger partial charge on any atom is 0.170 e. The lowest BCUT2D eigenvalue weighted by Gasteiger charge is -2.06. The molecule has 0 amide bonds. The van der Waals surface area contributed by atoms with Crippen LogP contribution in [0.15, 0.2) is 16.6 Å². The van der Waals surface area contributed by atoms with Crippen LogP contribution < -0.4 is 4.74 Å². The number of ketones is 1. The van der Waals surface area contributed by atoms with Crippen LogP contribution in [-0.4, -0.2) is 12.9 Å². The fourth-order valence-electron chi connectivity index (χ4n) is 1.89. The third-order valence-electron chi connectivity index (χ3n) is 2.64. The van der Waals surface area contributed by atoms with Crippen molar-refractivity contribution in [3.63, 3.8) is 0 Å². The monoisotopic (exact) mass is 254 g/mol. The Morgan fingerprint density at radius 3 is 2.86 bits per heavy atom. The fraction of sp³-hybridized carbons (Fsp3) is 0.364. The number of rotatable bonds is 1. The summed E-state index contributed by atoms with van der Waals surface area (Å²) in [4.78, 5) is 11.8. The topological polar surface area (TPSA) is 26.3 Å². The van der Waals surface area contributed by atoms with Crippen molar-refractivity contribution in [1.29, 1.82) is 0 Å². The van der Waals surface area contributed by atoms with Gasteiger partial charge in [0.25, 0.3) is 0 Å². The van der Waals surface area contributed by atoms with E-state index in [2.05, 4.69) is 15.9 Å². The van der Waals surface area contributed by atoms with Gasteiger partial charge in [0.2, 0.25) is 0 Å². The minimum atomic E-state index is 0.0811. The molecule has 1 aliphatic rings. The molecule has 1 aromatic rings. The van der Waals surface area contributed by atoms with Gasteiger partial charge < -0.3 is 4.74 Å². The highest BCUT2D eigenvalue weighted by Crippen LogP contribution is 2.37. The van der Waals surface area contributed by atoms with Crippen molar-refractivity contribution in [3.05, 3.63) is 27.7 Å². The number of benzene rings is 1. The second-order valence-electron chi connectivity index (χ2n) is 3.57. The van der Waals surface area contributed by atoms with E-state index in [0.29, 0.717) is 5.75 Å². The van der Waals surface area contributed by atoms with Gasteiger partial charge in [-0.25, -0.2) is 0 Å². The van der Waals surface area contributed by atoms with Crippen LogP contribution in [0, 0.1) is 5.92 Å². The molecule has 1 atom stereocenters. The summed E-state index contributed by atoms with van der Waals surface area (Å²) in [5, 5.41) is 0. The number of hydrogen-bond acceptors (Lipinski definition) is 2. The summed E-state index contributed by atoms with van der Waals surface area (Å²) in [6.07, 6.45) is 0.811. The van der Waals surface area contributed by atoms with Crippen LogP contribution >= 0.6 is 15.9 Å². The van der Waals surface area contributed by atoms with Gasteiger partial charge in [-0.05, 0) is 24.1 Å². The molecule has 0 heterocycles. The molecule has 0 spiro atoms. The van der Waals surface area contributed by atoms with Crippen molar-refractivity contribution in [2.75, 3.05) is 7.11 Å². The SMILES string of the molecule is COc1ccc(Br)c2c1C(=O)C(C)C2. The Hall–Kier alpha value is -0.830. The Morgan fingerprint density at radius 1 is 1.50 bits per heavy atom. The molecule has 2 nitrogen and oxygen atoms in total. The fourth-order valence-corrected chi connectivity index (χ4v) is 2.38. The molecular formula is C11H11BrO2. The predicted octanol–water partition coefficient (Wildman–Crippen LogP) is 2.83. The molecule has 0 fully saturated rings. The van der Waals surface area contributed by atoms with Gasteiger partial charge in [0.15, 0.2) is 5.78 Å². The van der Waals surface area contributed by atoms with E-state index in [1.807, 2.05) is 19.1 Å². The molecule has 1 unspecified atom stereocenters. The molecule has 2 rings (SSSR count). The summed E-state index contributed by atoms with van der Waals surface area (Å²) in [7, 11) is 1.60. The van der Waals surface area contributed by atoms with Crippen molar-refractivity contribution < 1.29 is 9.53 Å². The predicted molar refractivity (Wildman–Crippen MR) is 57.9 cm³/mol. The Bertz CT molecular complexity index is 399. The minimum absolute atomic E-state index is 0.0811. The quantitative estimate of drug-likeness (QED) is 0.771. The summed E-state index contributed by atoms with van der Waals surface area (Å²) >= 11 is 3.46. The lowest BCUT2D eigenvalue weighted by molar-refractivity contribution is 0.0944. The highest BCUT2D eigenvalue weighted by molar-refractivity contribution is 9.10. The Labute approximate surface area is 91.4 Å². The van der Waals surface area contributed by atoms with E-state index in [1.54, 1.807) is 7.11 Å². The van der Waals surface area contributed by atoms with E-state index in [1.165, 1.54) is 0 Å². The maximum atomic E-state index is 11.8. The van der Waals surface area contributed by atoms with Crippen molar-refractivity contribution in [3.8, 4) is 5.75 Å². The van der Waals surface area contributed by atoms with Gasteiger partial charge in [0, 0.05) is 10.4 Å². The van der Waals surface area contributed by atoms with Gasteiger partial charge in [0.05, 0.1) is 12.7 Å². The summed E-state index contributed by atoms with van der Waals surface area (Å²) in [5.74, 6) is 0.966. The third kappa shape index (κ3) is 1.27. The standard InChI is InChI=1S/C11H11BrO2/c1-6-5-7-8(12)3-4-9(14-2)10(7)11(6)13/h3-4,6H,5H2,1-2H3. The molecule has 14 heavy (non-hydrogen) atoms. The first-order valence-corrected chi connectivity index (χ1v) is 5.34.